The Morgan fingerprint density at radius 2 is 1.94 bits per heavy atom. The second-order valence-electron chi connectivity index (χ2n) is 8.41. The topological polar surface area (TPSA) is 121 Å². The molecule has 10 nitrogen and oxygen atoms in total. The first-order valence-corrected chi connectivity index (χ1v) is 12.1. The van der Waals surface area contributed by atoms with Crippen molar-refractivity contribution in [2.75, 3.05) is 6.61 Å². The van der Waals surface area contributed by atoms with Crippen molar-refractivity contribution in [2.24, 2.45) is 12.5 Å². The molecule has 0 spiro atoms. The smallest absolute Gasteiger partial charge is 0.394 e. The fraction of sp³-hybridized carbons (Fsp3) is 0.429. The summed E-state index contributed by atoms with van der Waals surface area (Å²) in [6, 6.07) is 4.25. The third-order valence-corrected chi connectivity index (χ3v) is 7.62. The van der Waals surface area contributed by atoms with Gasteiger partial charge in [-0.05, 0) is 45.2 Å². The third kappa shape index (κ3) is 4.74. The molecule has 188 valence electrons. The number of aromatic nitrogens is 5. The van der Waals surface area contributed by atoms with Crippen LogP contribution in [0.15, 0.2) is 35.5 Å². The van der Waals surface area contributed by atoms with Gasteiger partial charge in [0, 0.05) is 25.5 Å². The minimum Gasteiger partial charge on any atom is -0.477 e. The zero-order chi connectivity index (χ0) is 25.6. The monoisotopic (exact) mass is 512 g/mol. The van der Waals surface area contributed by atoms with Gasteiger partial charge in [0.25, 0.3) is 15.9 Å². The fourth-order valence-corrected chi connectivity index (χ4v) is 5.21. The van der Waals surface area contributed by atoms with E-state index in [1.54, 1.807) is 14.0 Å². The molecule has 1 saturated carbocycles. The molecule has 0 aliphatic heterocycles. The molecule has 1 amide bonds. The van der Waals surface area contributed by atoms with Gasteiger partial charge in [-0.1, -0.05) is 0 Å². The Kier molecular flexibility index (Phi) is 6.11. The lowest BCUT2D eigenvalue weighted by molar-refractivity contribution is -0.190. The Morgan fingerprint density at radius 3 is 2.54 bits per heavy atom. The number of nitrogens with one attached hydrogen (secondary N) is 1. The summed E-state index contributed by atoms with van der Waals surface area (Å²) in [4.78, 5) is 16.9. The number of sulfonamides is 1. The first kappa shape index (κ1) is 24.7. The van der Waals surface area contributed by atoms with E-state index in [-0.39, 0.29) is 53.7 Å². The van der Waals surface area contributed by atoms with Gasteiger partial charge < -0.3 is 4.74 Å². The lowest BCUT2D eigenvalue weighted by Gasteiger charge is -2.18. The highest BCUT2D eigenvalue weighted by Crippen LogP contribution is 2.59. The largest absolute Gasteiger partial charge is 0.477 e. The van der Waals surface area contributed by atoms with Gasteiger partial charge in [-0.2, -0.15) is 18.3 Å². The fourth-order valence-electron chi connectivity index (χ4n) is 3.81. The summed E-state index contributed by atoms with van der Waals surface area (Å²) in [5.74, 6) is -0.868. The van der Waals surface area contributed by atoms with Crippen LogP contribution in [0.4, 0.5) is 13.2 Å². The summed E-state index contributed by atoms with van der Waals surface area (Å²) >= 11 is 0. The molecule has 3 aromatic heterocycles. The summed E-state index contributed by atoms with van der Waals surface area (Å²) in [7, 11) is -2.64. The van der Waals surface area contributed by atoms with Crippen molar-refractivity contribution in [1.82, 2.24) is 29.3 Å². The molecule has 0 saturated heterocycles. The molecule has 0 unspecified atom stereocenters. The number of amides is 1. The van der Waals surface area contributed by atoms with Crippen molar-refractivity contribution in [2.45, 2.75) is 44.2 Å². The Bertz CT molecular complexity index is 1380. The molecular formula is C21H23F3N6O4S. The maximum Gasteiger partial charge on any atom is 0.394 e. The van der Waals surface area contributed by atoms with Crippen molar-refractivity contribution in [3.63, 3.8) is 0 Å². The van der Waals surface area contributed by atoms with Crippen LogP contribution < -0.4 is 9.46 Å². The van der Waals surface area contributed by atoms with Crippen LogP contribution in [-0.4, -0.2) is 51.7 Å². The number of rotatable bonds is 8. The van der Waals surface area contributed by atoms with Crippen molar-refractivity contribution < 1.29 is 31.1 Å². The van der Waals surface area contributed by atoms with E-state index in [0.29, 0.717) is 5.69 Å². The molecule has 1 fully saturated rings. The van der Waals surface area contributed by atoms with Crippen LogP contribution in [0.2, 0.25) is 0 Å². The van der Waals surface area contributed by atoms with Gasteiger partial charge in [0.05, 0.1) is 29.0 Å². The average molecular weight is 513 g/mol. The summed E-state index contributed by atoms with van der Waals surface area (Å²) < 4.78 is 74.9. The van der Waals surface area contributed by atoms with Crippen molar-refractivity contribution >= 4 is 15.9 Å². The minimum atomic E-state index is -4.26. The number of aryl methyl sites for hydroxylation is 2. The summed E-state index contributed by atoms with van der Waals surface area (Å²) in [6.45, 7) is 2.92. The van der Waals surface area contributed by atoms with Gasteiger partial charge >= 0.3 is 6.18 Å². The van der Waals surface area contributed by atoms with E-state index in [9.17, 15) is 26.4 Å². The van der Waals surface area contributed by atoms with Crippen LogP contribution in [0.1, 0.15) is 41.0 Å². The third-order valence-electron chi connectivity index (χ3n) is 6.04. The molecule has 0 aromatic carbocycles. The van der Waals surface area contributed by atoms with E-state index in [1.807, 2.05) is 4.72 Å². The Labute approximate surface area is 199 Å². The SMILES string of the molecule is Cc1nn(C)c(C)c1S(=O)(=O)NC(=O)c1cccnc1-n1ccc(OCCC2(C(F)(F)F)CC2)n1. The van der Waals surface area contributed by atoms with Gasteiger partial charge in [-0.15, -0.1) is 5.10 Å². The summed E-state index contributed by atoms with van der Waals surface area (Å²) in [5.41, 5.74) is -1.16. The summed E-state index contributed by atoms with van der Waals surface area (Å²) in [6.07, 6.45) is -1.47. The lowest BCUT2D eigenvalue weighted by Crippen LogP contribution is -2.32. The second kappa shape index (κ2) is 8.66. The van der Waals surface area contributed by atoms with E-state index < -0.39 is 27.5 Å². The highest BCUT2D eigenvalue weighted by molar-refractivity contribution is 7.90. The number of carbonyl (C=O) groups excluding carboxylic acids is 1. The molecule has 0 bridgehead atoms. The van der Waals surface area contributed by atoms with Gasteiger partial charge in [0.2, 0.25) is 5.88 Å². The van der Waals surface area contributed by atoms with E-state index in [1.165, 1.54) is 46.9 Å². The Hall–Kier alpha value is -3.42. The molecule has 1 N–H and O–H groups in total. The molecular weight excluding hydrogens is 489 g/mol. The normalized spacial score (nSPS) is 15.1. The first-order valence-electron chi connectivity index (χ1n) is 10.6. The highest BCUT2D eigenvalue weighted by atomic mass is 32.2. The standard InChI is InChI=1S/C21H23F3N6O4S/c1-13-17(14(2)29(3)26-13)35(32,33)28-19(31)15-5-4-10-25-18(15)30-11-6-16(27-30)34-12-9-20(7-8-20)21(22,23)24/h4-6,10-11H,7-9,12H2,1-3H3,(H,28,31). The van der Waals surface area contributed by atoms with Crippen molar-refractivity contribution in [1.29, 1.82) is 0 Å². The zero-order valence-electron chi connectivity index (χ0n) is 19.1. The molecule has 14 heteroatoms. The van der Waals surface area contributed by atoms with Gasteiger partial charge in [0.15, 0.2) is 5.82 Å². The van der Waals surface area contributed by atoms with Crippen LogP contribution >= 0.6 is 0 Å². The van der Waals surface area contributed by atoms with Crippen molar-refractivity contribution in [3.05, 3.63) is 47.5 Å². The minimum absolute atomic E-state index is 0.0173. The van der Waals surface area contributed by atoms with Crippen LogP contribution in [0.25, 0.3) is 5.82 Å². The molecule has 0 atom stereocenters. The number of alkyl halides is 3. The average Bonchev–Trinajstić information content (AvgIpc) is 3.34. The Morgan fingerprint density at radius 1 is 1.23 bits per heavy atom. The molecule has 4 rings (SSSR count). The predicted octanol–water partition coefficient (Wildman–Crippen LogP) is 2.85. The number of hydrogen-bond donors (Lipinski definition) is 1. The number of hydrogen-bond acceptors (Lipinski definition) is 7. The van der Waals surface area contributed by atoms with Crippen LogP contribution in [0, 0.1) is 19.3 Å². The molecule has 3 heterocycles. The molecule has 1 aliphatic rings. The number of nitrogens with zero attached hydrogens (tertiary/aromatic N) is 5. The maximum atomic E-state index is 13.1. The van der Waals surface area contributed by atoms with E-state index >= 15 is 0 Å². The van der Waals surface area contributed by atoms with Crippen LogP contribution in [-0.2, 0) is 17.1 Å². The number of halogens is 3. The molecule has 35 heavy (non-hydrogen) atoms. The predicted molar refractivity (Wildman–Crippen MR) is 117 cm³/mol. The van der Waals surface area contributed by atoms with Crippen LogP contribution in [0.5, 0.6) is 5.88 Å². The first-order chi connectivity index (χ1) is 16.3. The lowest BCUT2D eigenvalue weighted by atomic mass is 10.0. The Balaban J connectivity index is 1.50. The van der Waals surface area contributed by atoms with Gasteiger partial charge in [-0.3, -0.25) is 9.48 Å². The number of carbonyl (C=O) groups is 1. The number of pyridine rings is 1. The van der Waals surface area contributed by atoms with Crippen LogP contribution in [0.3, 0.4) is 0 Å². The summed E-state index contributed by atoms with van der Waals surface area (Å²) in [5, 5.41) is 8.18. The zero-order valence-corrected chi connectivity index (χ0v) is 19.9. The van der Waals surface area contributed by atoms with Gasteiger partial charge in [0.1, 0.15) is 4.90 Å². The quantitative estimate of drug-likeness (QED) is 0.493. The van der Waals surface area contributed by atoms with Crippen molar-refractivity contribution in [3.8, 4) is 11.7 Å². The highest BCUT2D eigenvalue weighted by Gasteiger charge is 2.62. The van der Waals surface area contributed by atoms with E-state index in [2.05, 4.69) is 15.2 Å². The van der Waals surface area contributed by atoms with Gasteiger partial charge in [-0.25, -0.2) is 22.8 Å². The van der Waals surface area contributed by atoms with E-state index in [4.69, 9.17) is 4.74 Å². The number of ether oxygens (including phenoxy) is 1. The maximum absolute atomic E-state index is 13.1. The molecule has 1 aliphatic carbocycles. The molecule has 3 aromatic rings. The van der Waals surface area contributed by atoms with E-state index in [0.717, 1.165) is 0 Å². The molecule has 0 radical (unpaired) electrons. The second-order valence-corrected chi connectivity index (χ2v) is 10.0.